The zero-order valence-corrected chi connectivity index (χ0v) is 21.2. The van der Waals surface area contributed by atoms with Crippen LogP contribution in [0.5, 0.6) is 0 Å². The van der Waals surface area contributed by atoms with Gasteiger partial charge in [0.25, 0.3) is 0 Å². The highest BCUT2D eigenvalue weighted by Gasteiger charge is 2.20. The van der Waals surface area contributed by atoms with Crippen LogP contribution >= 0.6 is 0 Å². The molecule has 0 amide bonds. The average molecular weight is 491 g/mol. The van der Waals surface area contributed by atoms with Crippen molar-refractivity contribution in [1.29, 1.82) is 0 Å². The van der Waals surface area contributed by atoms with Crippen molar-refractivity contribution in [3.8, 4) is 0 Å². The van der Waals surface area contributed by atoms with Crippen LogP contribution in [0.25, 0.3) is 27.4 Å². The van der Waals surface area contributed by atoms with Gasteiger partial charge < -0.3 is 14.9 Å². The number of likely N-dealkylation sites (N-methyl/N-ethyl adjacent to an activating group) is 1. The number of H-pyrrole nitrogens is 2. The molecule has 3 N–H and O–H groups in total. The normalized spacial score (nSPS) is 16.9. The molecular formula is C29H42N6O. The average Bonchev–Trinajstić information content (AvgIpc) is 3.55. The summed E-state index contributed by atoms with van der Waals surface area (Å²) in [5, 5.41) is 24.4. The number of hydrogen-bond acceptors (Lipinski definition) is 5. The summed E-state index contributed by atoms with van der Waals surface area (Å²) in [6.45, 7) is 6.53. The monoisotopic (exact) mass is 490 g/mol. The number of aliphatic hydroxyl groups is 1. The van der Waals surface area contributed by atoms with Crippen LogP contribution in [0.3, 0.4) is 0 Å². The van der Waals surface area contributed by atoms with E-state index >= 15 is 0 Å². The van der Waals surface area contributed by atoms with Crippen molar-refractivity contribution in [3.63, 3.8) is 0 Å². The van der Waals surface area contributed by atoms with Crippen LogP contribution in [0.4, 0.5) is 0 Å². The molecule has 0 unspecified atom stereocenters. The van der Waals surface area contributed by atoms with E-state index in [1.807, 2.05) is 12.4 Å². The summed E-state index contributed by atoms with van der Waals surface area (Å²) in [7, 11) is 4.36. The van der Waals surface area contributed by atoms with Crippen LogP contribution in [0.15, 0.2) is 54.9 Å². The number of rotatable bonds is 2. The highest BCUT2D eigenvalue weighted by molar-refractivity contribution is 5.91. The number of benzene rings is 2. The standard InChI is InChI=1S/C13H17N3.C13H15N3.C2H6O.CH4/c2*1-16-7-5-10(6-8-16)11-3-2-4-13-12(11)9-14-15-13;1-2-3;/h2-4,9-10H,5-8H2,1H3,(H,14,15);2-5,9H,6-8H2,1H3,(H,14,15);3H,2H2,1H3;1H4. The first-order valence-electron chi connectivity index (χ1n) is 12.6. The molecule has 2 aromatic carbocycles. The number of nitrogens with one attached hydrogen (secondary N) is 2. The molecule has 1 saturated heterocycles. The van der Waals surface area contributed by atoms with Crippen molar-refractivity contribution < 1.29 is 5.11 Å². The Hall–Kier alpha value is -3.00. The number of nitrogens with zero attached hydrogens (tertiary/aromatic N) is 4. The van der Waals surface area contributed by atoms with E-state index < -0.39 is 0 Å². The highest BCUT2D eigenvalue weighted by atomic mass is 16.2. The predicted molar refractivity (Wildman–Crippen MR) is 151 cm³/mol. The summed E-state index contributed by atoms with van der Waals surface area (Å²) in [5.74, 6) is 0.706. The minimum absolute atomic E-state index is 0. The fraction of sp³-hybridized carbons (Fsp3) is 0.448. The van der Waals surface area contributed by atoms with E-state index in [2.05, 4.69) is 86.8 Å². The fourth-order valence-electron chi connectivity index (χ4n) is 4.93. The van der Waals surface area contributed by atoms with E-state index in [0.29, 0.717) is 5.92 Å². The van der Waals surface area contributed by atoms with E-state index in [1.165, 1.54) is 53.4 Å². The zero-order chi connectivity index (χ0) is 24.6. The second-order valence-corrected chi connectivity index (χ2v) is 9.45. The number of aromatic nitrogens is 4. The molecule has 0 atom stereocenters. The first-order chi connectivity index (χ1) is 17.1. The van der Waals surface area contributed by atoms with Crippen molar-refractivity contribution in [2.75, 3.05) is 46.9 Å². The lowest BCUT2D eigenvalue weighted by molar-refractivity contribution is 0.256. The van der Waals surface area contributed by atoms with Gasteiger partial charge in [-0.05, 0) is 88.1 Å². The van der Waals surface area contributed by atoms with E-state index in [9.17, 15) is 0 Å². The van der Waals surface area contributed by atoms with Gasteiger partial charge in [0.05, 0.1) is 23.4 Å². The Bertz CT molecular complexity index is 1230. The van der Waals surface area contributed by atoms with Crippen molar-refractivity contribution in [2.45, 2.75) is 39.5 Å². The summed E-state index contributed by atoms with van der Waals surface area (Å²) in [4.78, 5) is 4.74. The topological polar surface area (TPSA) is 84.1 Å². The lowest BCUT2D eigenvalue weighted by atomic mass is 9.88. The quantitative estimate of drug-likeness (QED) is 0.356. The third kappa shape index (κ3) is 6.60. The molecule has 7 nitrogen and oxygen atoms in total. The van der Waals surface area contributed by atoms with Gasteiger partial charge in [-0.3, -0.25) is 10.2 Å². The highest BCUT2D eigenvalue weighted by Crippen LogP contribution is 2.32. The summed E-state index contributed by atoms with van der Waals surface area (Å²) in [5.41, 5.74) is 6.54. The van der Waals surface area contributed by atoms with E-state index in [0.717, 1.165) is 30.5 Å². The van der Waals surface area contributed by atoms with Crippen molar-refractivity contribution in [3.05, 3.63) is 66.0 Å². The molecule has 36 heavy (non-hydrogen) atoms. The maximum Gasteiger partial charge on any atom is 0.0656 e. The van der Waals surface area contributed by atoms with Gasteiger partial charge in [-0.1, -0.05) is 37.8 Å². The molecule has 0 radical (unpaired) electrons. The number of aromatic amines is 2. The van der Waals surface area contributed by atoms with Crippen LogP contribution in [0.2, 0.25) is 0 Å². The smallest absolute Gasteiger partial charge is 0.0656 e. The molecule has 6 rings (SSSR count). The molecule has 0 aliphatic carbocycles. The second kappa shape index (κ2) is 13.3. The van der Waals surface area contributed by atoms with Gasteiger partial charge in [0.1, 0.15) is 0 Å². The largest absolute Gasteiger partial charge is 0.397 e. The third-order valence-electron chi connectivity index (χ3n) is 6.92. The number of hydrogen-bond donors (Lipinski definition) is 3. The van der Waals surface area contributed by atoms with Gasteiger partial charge >= 0.3 is 0 Å². The summed E-state index contributed by atoms with van der Waals surface area (Å²) < 4.78 is 0. The van der Waals surface area contributed by atoms with Crippen LogP contribution in [0, 0.1) is 0 Å². The molecule has 0 saturated carbocycles. The Kier molecular flexibility index (Phi) is 10.2. The number of fused-ring (bicyclic) bond motifs is 2. The van der Waals surface area contributed by atoms with Crippen LogP contribution < -0.4 is 0 Å². The molecule has 7 heteroatoms. The van der Waals surface area contributed by atoms with Gasteiger partial charge in [0.2, 0.25) is 0 Å². The summed E-state index contributed by atoms with van der Waals surface area (Å²) in [6, 6.07) is 12.8. The molecule has 1 fully saturated rings. The first-order valence-corrected chi connectivity index (χ1v) is 12.6. The summed E-state index contributed by atoms with van der Waals surface area (Å²) in [6.07, 6.45) is 9.86. The molecule has 0 spiro atoms. The number of piperidine rings is 1. The van der Waals surface area contributed by atoms with Gasteiger partial charge in [-0.2, -0.15) is 10.2 Å². The fourth-order valence-corrected chi connectivity index (χ4v) is 4.93. The van der Waals surface area contributed by atoms with Crippen LogP contribution in [0.1, 0.15) is 50.7 Å². The predicted octanol–water partition coefficient (Wildman–Crippen LogP) is 5.29. The molecule has 0 bridgehead atoms. The maximum atomic E-state index is 7.57. The Morgan fingerprint density at radius 1 is 0.889 bits per heavy atom. The Morgan fingerprint density at radius 2 is 1.50 bits per heavy atom. The van der Waals surface area contributed by atoms with E-state index in [-0.39, 0.29) is 14.0 Å². The molecule has 4 aromatic rings. The van der Waals surface area contributed by atoms with Crippen molar-refractivity contribution in [1.82, 2.24) is 30.2 Å². The van der Waals surface area contributed by atoms with Crippen molar-refractivity contribution >= 4 is 27.4 Å². The number of likely N-dealkylation sites (tertiary alicyclic amines) is 1. The third-order valence-corrected chi connectivity index (χ3v) is 6.92. The summed E-state index contributed by atoms with van der Waals surface area (Å²) >= 11 is 0. The molecule has 2 aliphatic rings. The Labute approximate surface area is 215 Å². The van der Waals surface area contributed by atoms with E-state index in [1.54, 1.807) is 6.92 Å². The molecule has 194 valence electrons. The van der Waals surface area contributed by atoms with Crippen LogP contribution in [-0.2, 0) is 0 Å². The molecule has 2 aliphatic heterocycles. The van der Waals surface area contributed by atoms with Crippen molar-refractivity contribution in [2.24, 2.45) is 0 Å². The van der Waals surface area contributed by atoms with Gasteiger partial charge in [0, 0.05) is 30.5 Å². The molecule has 4 heterocycles. The van der Waals surface area contributed by atoms with E-state index in [4.69, 9.17) is 5.11 Å². The first kappa shape index (κ1) is 27.6. The minimum atomic E-state index is 0. The lowest BCUT2D eigenvalue weighted by Crippen LogP contribution is -2.29. The van der Waals surface area contributed by atoms with Crippen LogP contribution in [-0.4, -0.2) is 82.2 Å². The zero-order valence-electron chi connectivity index (χ0n) is 21.2. The Balaban J connectivity index is 0.000000177. The van der Waals surface area contributed by atoms with Gasteiger partial charge in [-0.15, -0.1) is 0 Å². The molecule has 2 aromatic heterocycles. The number of aliphatic hydroxyl groups excluding tert-OH is 1. The molecular weight excluding hydrogens is 448 g/mol. The SMILES string of the molecule is C.CCO.CN1CC=C(c2cccc3[nH]ncc23)CC1.CN1CCC(c2cccc3[nH]ncc23)CC1. The Morgan fingerprint density at radius 3 is 2.14 bits per heavy atom. The van der Waals surface area contributed by atoms with Gasteiger partial charge in [0.15, 0.2) is 0 Å². The minimum Gasteiger partial charge on any atom is -0.397 e. The second-order valence-electron chi connectivity index (χ2n) is 9.45. The maximum absolute atomic E-state index is 7.57. The lowest BCUT2D eigenvalue weighted by Gasteiger charge is -2.29. The van der Waals surface area contributed by atoms with Gasteiger partial charge in [-0.25, -0.2) is 0 Å².